The molecule has 0 spiro atoms. The largest absolute Gasteiger partial charge is 0.393 e. The third-order valence-electron chi connectivity index (χ3n) is 1.85. The maximum Gasteiger partial charge on any atom is 0.0512 e. The molecule has 1 heterocycles. The highest BCUT2D eigenvalue weighted by molar-refractivity contribution is 7.09. The standard InChI is InChI=1S/C10H17NOS/c1-9(12)4-2-6-11-8-10-5-3-7-13-10/h3,5,7,9,11-12H,2,4,6,8H2,1H3. The Morgan fingerprint density at radius 2 is 2.46 bits per heavy atom. The molecule has 0 saturated carbocycles. The lowest BCUT2D eigenvalue weighted by atomic mass is 10.2. The summed E-state index contributed by atoms with van der Waals surface area (Å²) >= 11 is 1.78. The summed E-state index contributed by atoms with van der Waals surface area (Å²) in [5.74, 6) is 0. The average Bonchev–Trinajstić information content (AvgIpc) is 2.55. The number of aliphatic hydroxyl groups excluding tert-OH is 1. The molecule has 0 fully saturated rings. The first-order chi connectivity index (χ1) is 6.29. The lowest BCUT2D eigenvalue weighted by Crippen LogP contribution is -2.15. The minimum absolute atomic E-state index is 0.163. The molecule has 0 amide bonds. The maximum absolute atomic E-state index is 9.01. The molecule has 0 aliphatic heterocycles. The van der Waals surface area contributed by atoms with E-state index in [4.69, 9.17) is 5.11 Å². The van der Waals surface area contributed by atoms with Crippen molar-refractivity contribution >= 4 is 11.3 Å². The predicted octanol–water partition coefficient (Wildman–Crippen LogP) is 2.00. The number of aliphatic hydroxyl groups is 1. The van der Waals surface area contributed by atoms with E-state index < -0.39 is 0 Å². The molecule has 0 aliphatic carbocycles. The van der Waals surface area contributed by atoms with Crippen LogP contribution in [0.3, 0.4) is 0 Å². The molecule has 0 radical (unpaired) electrons. The molecule has 2 nitrogen and oxygen atoms in total. The van der Waals surface area contributed by atoms with E-state index >= 15 is 0 Å². The van der Waals surface area contributed by atoms with Gasteiger partial charge in [-0.2, -0.15) is 0 Å². The van der Waals surface area contributed by atoms with E-state index in [2.05, 4.69) is 22.8 Å². The summed E-state index contributed by atoms with van der Waals surface area (Å²) in [6.07, 6.45) is 1.77. The van der Waals surface area contributed by atoms with Crippen LogP contribution >= 0.6 is 11.3 Å². The molecule has 1 unspecified atom stereocenters. The van der Waals surface area contributed by atoms with Gasteiger partial charge in [0, 0.05) is 11.4 Å². The summed E-state index contributed by atoms with van der Waals surface area (Å²) in [7, 11) is 0. The van der Waals surface area contributed by atoms with Crippen molar-refractivity contribution in [3.8, 4) is 0 Å². The summed E-state index contributed by atoms with van der Waals surface area (Å²) in [4.78, 5) is 1.37. The first-order valence-corrected chi connectivity index (χ1v) is 5.58. The second-order valence-electron chi connectivity index (χ2n) is 3.25. The Balaban J connectivity index is 1.96. The molecule has 0 bridgehead atoms. The first-order valence-electron chi connectivity index (χ1n) is 4.70. The summed E-state index contributed by atoms with van der Waals surface area (Å²) in [6, 6.07) is 4.20. The average molecular weight is 199 g/mol. The Bertz CT molecular complexity index is 209. The molecule has 3 heteroatoms. The van der Waals surface area contributed by atoms with Gasteiger partial charge in [0.15, 0.2) is 0 Å². The number of rotatable bonds is 6. The van der Waals surface area contributed by atoms with E-state index in [-0.39, 0.29) is 6.10 Å². The fourth-order valence-electron chi connectivity index (χ4n) is 1.15. The van der Waals surface area contributed by atoms with Gasteiger partial charge in [-0.3, -0.25) is 0 Å². The Morgan fingerprint density at radius 3 is 3.08 bits per heavy atom. The molecular formula is C10H17NOS. The number of nitrogens with one attached hydrogen (secondary N) is 1. The van der Waals surface area contributed by atoms with Crippen molar-refractivity contribution in [1.29, 1.82) is 0 Å². The Labute approximate surface area is 83.6 Å². The monoisotopic (exact) mass is 199 g/mol. The van der Waals surface area contributed by atoms with E-state index in [9.17, 15) is 0 Å². The van der Waals surface area contributed by atoms with Gasteiger partial charge in [-0.15, -0.1) is 11.3 Å². The van der Waals surface area contributed by atoms with E-state index in [1.165, 1.54) is 4.88 Å². The summed E-state index contributed by atoms with van der Waals surface area (Å²) in [5, 5.41) is 14.4. The highest BCUT2D eigenvalue weighted by Gasteiger charge is 1.95. The van der Waals surface area contributed by atoms with Crippen LogP contribution in [0.25, 0.3) is 0 Å². The Hall–Kier alpha value is -0.380. The van der Waals surface area contributed by atoms with Crippen molar-refractivity contribution in [2.75, 3.05) is 6.54 Å². The van der Waals surface area contributed by atoms with Crippen molar-refractivity contribution in [3.63, 3.8) is 0 Å². The molecule has 1 aromatic heterocycles. The lowest BCUT2D eigenvalue weighted by molar-refractivity contribution is 0.181. The van der Waals surface area contributed by atoms with Gasteiger partial charge in [-0.25, -0.2) is 0 Å². The molecule has 0 aromatic carbocycles. The third-order valence-corrected chi connectivity index (χ3v) is 2.73. The van der Waals surface area contributed by atoms with Crippen LogP contribution in [0.4, 0.5) is 0 Å². The number of hydrogen-bond acceptors (Lipinski definition) is 3. The number of hydrogen-bond donors (Lipinski definition) is 2. The van der Waals surface area contributed by atoms with E-state index in [1.807, 2.05) is 6.92 Å². The summed E-state index contributed by atoms with van der Waals surface area (Å²) in [5.41, 5.74) is 0. The molecule has 0 saturated heterocycles. The van der Waals surface area contributed by atoms with E-state index in [0.717, 1.165) is 25.9 Å². The van der Waals surface area contributed by atoms with Crippen LogP contribution in [-0.4, -0.2) is 17.8 Å². The van der Waals surface area contributed by atoms with Crippen molar-refractivity contribution in [3.05, 3.63) is 22.4 Å². The van der Waals surface area contributed by atoms with Crippen LogP contribution in [0.2, 0.25) is 0 Å². The van der Waals surface area contributed by atoms with E-state index in [1.54, 1.807) is 11.3 Å². The van der Waals surface area contributed by atoms with Gasteiger partial charge in [-0.05, 0) is 37.8 Å². The molecule has 1 atom stereocenters. The van der Waals surface area contributed by atoms with Crippen molar-refractivity contribution in [2.24, 2.45) is 0 Å². The van der Waals surface area contributed by atoms with Gasteiger partial charge in [-0.1, -0.05) is 6.07 Å². The van der Waals surface area contributed by atoms with Gasteiger partial charge in [0.25, 0.3) is 0 Å². The van der Waals surface area contributed by atoms with Gasteiger partial charge in [0.05, 0.1) is 6.10 Å². The van der Waals surface area contributed by atoms with Crippen LogP contribution in [-0.2, 0) is 6.54 Å². The first kappa shape index (κ1) is 10.7. The van der Waals surface area contributed by atoms with Crippen LogP contribution in [0.5, 0.6) is 0 Å². The van der Waals surface area contributed by atoms with E-state index in [0.29, 0.717) is 0 Å². The Kier molecular flexibility index (Phi) is 5.05. The molecule has 1 aromatic rings. The summed E-state index contributed by atoms with van der Waals surface area (Å²) < 4.78 is 0. The Morgan fingerprint density at radius 1 is 1.62 bits per heavy atom. The predicted molar refractivity (Wildman–Crippen MR) is 56.9 cm³/mol. The van der Waals surface area contributed by atoms with Crippen LogP contribution < -0.4 is 5.32 Å². The van der Waals surface area contributed by atoms with Gasteiger partial charge in [0.1, 0.15) is 0 Å². The SMILES string of the molecule is CC(O)CCCNCc1cccs1. The van der Waals surface area contributed by atoms with Crippen molar-refractivity contribution in [1.82, 2.24) is 5.32 Å². The zero-order valence-electron chi connectivity index (χ0n) is 7.99. The lowest BCUT2D eigenvalue weighted by Gasteiger charge is -2.04. The minimum Gasteiger partial charge on any atom is -0.393 e. The van der Waals surface area contributed by atoms with Crippen LogP contribution in [0, 0.1) is 0 Å². The molecular weight excluding hydrogens is 182 g/mol. The topological polar surface area (TPSA) is 32.3 Å². The van der Waals surface area contributed by atoms with Crippen molar-refractivity contribution in [2.45, 2.75) is 32.4 Å². The van der Waals surface area contributed by atoms with Gasteiger partial charge in [0.2, 0.25) is 0 Å². The minimum atomic E-state index is -0.163. The highest BCUT2D eigenvalue weighted by Crippen LogP contribution is 2.07. The highest BCUT2D eigenvalue weighted by atomic mass is 32.1. The fourth-order valence-corrected chi connectivity index (χ4v) is 1.82. The van der Waals surface area contributed by atoms with Crippen LogP contribution in [0.1, 0.15) is 24.6 Å². The second-order valence-corrected chi connectivity index (χ2v) is 4.28. The maximum atomic E-state index is 9.01. The quantitative estimate of drug-likeness (QED) is 0.687. The fraction of sp³-hybridized carbons (Fsp3) is 0.600. The smallest absolute Gasteiger partial charge is 0.0512 e. The molecule has 1 rings (SSSR count). The third kappa shape index (κ3) is 5.03. The molecule has 74 valence electrons. The molecule has 13 heavy (non-hydrogen) atoms. The van der Waals surface area contributed by atoms with Crippen molar-refractivity contribution < 1.29 is 5.11 Å². The zero-order chi connectivity index (χ0) is 9.52. The second kappa shape index (κ2) is 6.13. The zero-order valence-corrected chi connectivity index (χ0v) is 8.81. The van der Waals surface area contributed by atoms with Gasteiger partial charge < -0.3 is 10.4 Å². The normalized spacial score (nSPS) is 13.1. The van der Waals surface area contributed by atoms with Crippen LogP contribution in [0.15, 0.2) is 17.5 Å². The molecule has 2 N–H and O–H groups in total. The molecule has 0 aliphatic rings. The summed E-state index contributed by atoms with van der Waals surface area (Å²) in [6.45, 7) is 3.78. The van der Waals surface area contributed by atoms with Gasteiger partial charge >= 0.3 is 0 Å². The number of thiophene rings is 1.